The summed E-state index contributed by atoms with van der Waals surface area (Å²) in [4.78, 5) is 17.5. The zero-order valence-electron chi connectivity index (χ0n) is 10.9. The highest BCUT2D eigenvalue weighted by molar-refractivity contribution is 6.30. The Labute approximate surface area is 116 Å². The predicted octanol–water partition coefficient (Wildman–Crippen LogP) is 3.20. The minimum atomic E-state index is -0.307. The lowest BCUT2D eigenvalue weighted by Gasteiger charge is -2.17. The molecule has 100 valence electrons. The molecule has 0 radical (unpaired) electrons. The van der Waals surface area contributed by atoms with Crippen LogP contribution in [0.5, 0.6) is 0 Å². The zero-order valence-corrected chi connectivity index (χ0v) is 11.6. The number of aromatic nitrogens is 1. The fraction of sp³-hybridized carbons (Fsp3) is 0.286. The summed E-state index contributed by atoms with van der Waals surface area (Å²) >= 11 is 5.84. The second-order valence-corrected chi connectivity index (χ2v) is 4.46. The van der Waals surface area contributed by atoms with E-state index in [4.69, 9.17) is 16.0 Å². The van der Waals surface area contributed by atoms with Crippen LogP contribution < -0.4 is 10.5 Å². The van der Waals surface area contributed by atoms with E-state index >= 15 is 0 Å². The third-order valence-corrected chi connectivity index (χ3v) is 3.08. The van der Waals surface area contributed by atoms with Crippen LogP contribution in [0, 0.1) is 0 Å². The molecule has 2 rings (SSSR count). The lowest BCUT2D eigenvalue weighted by Crippen LogP contribution is -2.25. The molecule has 0 amide bonds. The smallest absolute Gasteiger partial charge is 0.301 e. The van der Waals surface area contributed by atoms with Crippen LogP contribution in [0.25, 0.3) is 11.3 Å². The molecule has 0 N–H and O–H groups in total. The van der Waals surface area contributed by atoms with Gasteiger partial charge >= 0.3 is 6.01 Å². The molecule has 1 heterocycles. The average molecular weight is 279 g/mol. The van der Waals surface area contributed by atoms with Gasteiger partial charge in [-0.2, -0.15) is 4.98 Å². The van der Waals surface area contributed by atoms with Crippen LogP contribution in [0.3, 0.4) is 0 Å². The molecule has 0 bridgehead atoms. The lowest BCUT2D eigenvalue weighted by molar-refractivity contribution is 0.523. The Morgan fingerprint density at radius 3 is 2.42 bits per heavy atom. The summed E-state index contributed by atoms with van der Waals surface area (Å²) in [5.41, 5.74) is 0.496. The van der Waals surface area contributed by atoms with Gasteiger partial charge in [0.1, 0.15) is 5.76 Å². The molecule has 0 unspecified atom stereocenters. The Balaban J connectivity index is 2.47. The molecule has 0 aliphatic heterocycles. The zero-order chi connectivity index (χ0) is 13.8. The number of hydrogen-bond acceptors (Lipinski definition) is 4. The molecule has 0 saturated carbocycles. The largest absolute Gasteiger partial charge is 0.425 e. The third-order valence-electron chi connectivity index (χ3n) is 2.82. The summed E-state index contributed by atoms with van der Waals surface area (Å²) in [6.45, 7) is 5.44. The van der Waals surface area contributed by atoms with Crippen LogP contribution >= 0.6 is 11.6 Å². The summed E-state index contributed by atoms with van der Waals surface area (Å²) in [5, 5.41) is 0.643. The van der Waals surface area contributed by atoms with Crippen molar-refractivity contribution in [2.24, 2.45) is 0 Å². The highest BCUT2D eigenvalue weighted by Crippen LogP contribution is 2.23. The van der Waals surface area contributed by atoms with Gasteiger partial charge in [-0.3, -0.25) is 4.79 Å². The van der Waals surface area contributed by atoms with Crippen molar-refractivity contribution in [2.75, 3.05) is 18.0 Å². The van der Waals surface area contributed by atoms with Crippen molar-refractivity contribution in [3.05, 3.63) is 45.7 Å². The van der Waals surface area contributed by atoms with Gasteiger partial charge in [-0.25, -0.2) is 0 Å². The molecule has 5 heteroatoms. The Hall–Kier alpha value is -1.81. The molecule has 4 nitrogen and oxygen atoms in total. The minimum Gasteiger partial charge on any atom is -0.425 e. The SMILES string of the molecule is CCN(CC)c1nc(=O)cc(-c2ccc(Cl)cc2)o1. The first kappa shape index (κ1) is 13.6. The van der Waals surface area contributed by atoms with Crippen molar-refractivity contribution in [1.82, 2.24) is 4.98 Å². The topological polar surface area (TPSA) is 46.3 Å². The molecule has 1 aromatic heterocycles. The van der Waals surface area contributed by atoms with E-state index in [2.05, 4.69) is 4.98 Å². The van der Waals surface area contributed by atoms with E-state index in [1.165, 1.54) is 6.07 Å². The maximum absolute atomic E-state index is 11.7. The maximum atomic E-state index is 11.7. The van der Waals surface area contributed by atoms with Gasteiger partial charge < -0.3 is 9.32 Å². The summed E-state index contributed by atoms with van der Waals surface area (Å²) < 4.78 is 5.70. The number of anilines is 1. The van der Waals surface area contributed by atoms with Crippen molar-refractivity contribution in [3.8, 4) is 11.3 Å². The Bertz CT molecular complexity index is 604. The monoisotopic (exact) mass is 278 g/mol. The number of nitrogens with zero attached hydrogens (tertiary/aromatic N) is 2. The Kier molecular flexibility index (Phi) is 4.22. The van der Waals surface area contributed by atoms with Gasteiger partial charge in [-0.05, 0) is 38.1 Å². The molecule has 2 aromatic rings. The van der Waals surface area contributed by atoms with Gasteiger partial charge in [0.15, 0.2) is 0 Å². The van der Waals surface area contributed by atoms with Crippen molar-refractivity contribution in [2.45, 2.75) is 13.8 Å². The van der Waals surface area contributed by atoms with Crippen molar-refractivity contribution in [3.63, 3.8) is 0 Å². The van der Waals surface area contributed by atoms with Gasteiger partial charge in [0, 0.05) is 29.7 Å². The molecule has 0 atom stereocenters. The van der Waals surface area contributed by atoms with Crippen molar-refractivity contribution < 1.29 is 4.42 Å². The number of benzene rings is 1. The van der Waals surface area contributed by atoms with E-state index in [-0.39, 0.29) is 5.56 Å². The molecule has 0 aliphatic rings. The molecule has 0 spiro atoms. The fourth-order valence-electron chi connectivity index (χ4n) is 1.78. The van der Waals surface area contributed by atoms with Crippen LogP contribution in [0.1, 0.15) is 13.8 Å². The van der Waals surface area contributed by atoms with Gasteiger partial charge in [0.25, 0.3) is 5.56 Å². The third kappa shape index (κ3) is 3.15. The highest BCUT2D eigenvalue weighted by Gasteiger charge is 2.10. The number of hydrogen-bond donors (Lipinski definition) is 0. The van der Waals surface area contributed by atoms with Crippen LogP contribution in [-0.2, 0) is 0 Å². The second-order valence-electron chi connectivity index (χ2n) is 4.02. The molecule has 0 aliphatic carbocycles. The highest BCUT2D eigenvalue weighted by atomic mass is 35.5. The van der Waals surface area contributed by atoms with Crippen LogP contribution in [0.2, 0.25) is 5.02 Å². The average Bonchev–Trinajstić information content (AvgIpc) is 2.40. The van der Waals surface area contributed by atoms with E-state index in [0.717, 1.165) is 18.7 Å². The van der Waals surface area contributed by atoms with Gasteiger partial charge in [-0.15, -0.1) is 0 Å². The van der Waals surface area contributed by atoms with Gasteiger partial charge in [0.2, 0.25) is 0 Å². The summed E-state index contributed by atoms with van der Waals surface area (Å²) in [6, 6.07) is 8.88. The Morgan fingerprint density at radius 2 is 1.84 bits per heavy atom. The van der Waals surface area contributed by atoms with E-state index in [1.807, 2.05) is 30.9 Å². The van der Waals surface area contributed by atoms with Crippen LogP contribution in [-0.4, -0.2) is 18.1 Å². The summed E-state index contributed by atoms with van der Waals surface area (Å²) in [6.07, 6.45) is 0. The van der Waals surface area contributed by atoms with Crippen molar-refractivity contribution in [1.29, 1.82) is 0 Å². The van der Waals surface area contributed by atoms with Gasteiger partial charge in [0.05, 0.1) is 0 Å². The summed E-state index contributed by atoms with van der Waals surface area (Å²) in [7, 11) is 0. The second kappa shape index (κ2) is 5.89. The molecule has 1 aromatic carbocycles. The first-order valence-corrected chi connectivity index (χ1v) is 6.55. The first-order valence-electron chi connectivity index (χ1n) is 6.17. The molecule has 0 fully saturated rings. The predicted molar refractivity (Wildman–Crippen MR) is 76.8 cm³/mol. The number of halogens is 1. The fourth-order valence-corrected chi connectivity index (χ4v) is 1.90. The number of rotatable bonds is 4. The van der Waals surface area contributed by atoms with E-state index in [9.17, 15) is 4.79 Å². The molecular formula is C14H15ClN2O2. The van der Waals surface area contributed by atoms with Crippen LogP contribution in [0.4, 0.5) is 6.01 Å². The lowest BCUT2D eigenvalue weighted by atomic mass is 10.2. The maximum Gasteiger partial charge on any atom is 0.301 e. The van der Waals surface area contributed by atoms with Crippen molar-refractivity contribution >= 4 is 17.6 Å². The molecular weight excluding hydrogens is 264 g/mol. The molecule has 0 saturated heterocycles. The molecule has 19 heavy (non-hydrogen) atoms. The van der Waals surface area contributed by atoms with E-state index in [0.29, 0.717) is 16.8 Å². The normalized spacial score (nSPS) is 10.5. The summed E-state index contributed by atoms with van der Waals surface area (Å²) in [5.74, 6) is 0.499. The quantitative estimate of drug-likeness (QED) is 0.862. The van der Waals surface area contributed by atoms with Gasteiger partial charge in [-0.1, -0.05) is 11.6 Å². The first-order chi connectivity index (χ1) is 9.13. The van der Waals surface area contributed by atoms with Crippen LogP contribution in [0.15, 0.2) is 39.5 Å². The van der Waals surface area contributed by atoms with E-state index < -0.39 is 0 Å². The standard InChI is InChI=1S/C14H15ClN2O2/c1-3-17(4-2)14-16-13(18)9-12(19-14)10-5-7-11(15)8-6-10/h5-9H,3-4H2,1-2H3. The Morgan fingerprint density at radius 1 is 1.21 bits per heavy atom. The van der Waals surface area contributed by atoms with E-state index in [1.54, 1.807) is 12.1 Å². The minimum absolute atomic E-state index is 0.307.